The number of hydrogen-bond acceptors (Lipinski definition) is 6. The van der Waals surface area contributed by atoms with Crippen LogP contribution in [0.1, 0.15) is 44.0 Å². The Morgan fingerprint density at radius 1 is 1.03 bits per heavy atom. The molecule has 0 atom stereocenters. The summed E-state index contributed by atoms with van der Waals surface area (Å²) in [6, 6.07) is 10.3. The van der Waals surface area contributed by atoms with E-state index >= 15 is 0 Å². The fourth-order valence-corrected chi connectivity index (χ4v) is 3.64. The monoisotopic (exact) mass is 519 g/mol. The fraction of sp³-hybridized carbons (Fsp3) is 0.276. The molecule has 5 rings (SSSR count). The molecule has 1 aliphatic carbocycles. The summed E-state index contributed by atoms with van der Waals surface area (Å²) in [7, 11) is 0. The molecule has 1 amide bonds. The van der Waals surface area contributed by atoms with E-state index in [0.717, 1.165) is 25.0 Å². The topological polar surface area (TPSA) is 82.6 Å². The maximum Gasteiger partial charge on any atom is 0.261 e. The molecule has 2 aromatic heterocycles. The van der Waals surface area contributed by atoms with E-state index in [1.807, 2.05) is 0 Å². The third-order valence-electron chi connectivity index (χ3n) is 5.66. The number of carbonyl (C=O) groups excluding carboxylic acids is 1. The van der Waals surface area contributed by atoms with Gasteiger partial charge in [-0.15, -0.1) is 0 Å². The van der Waals surface area contributed by atoms with E-state index in [9.17, 15) is 13.6 Å². The van der Waals surface area contributed by atoms with Crippen molar-refractivity contribution in [3.63, 3.8) is 0 Å². The number of pyridine rings is 2. The number of anilines is 1. The summed E-state index contributed by atoms with van der Waals surface area (Å²) < 4.78 is 47.2. The first-order valence-corrected chi connectivity index (χ1v) is 12.3. The Morgan fingerprint density at radius 3 is 2.47 bits per heavy atom. The molecule has 0 radical (unpaired) electrons. The summed E-state index contributed by atoms with van der Waals surface area (Å²) in [5.74, 6) is -1.91. The van der Waals surface area contributed by atoms with E-state index in [-0.39, 0.29) is 28.5 Å². The molecule has 1 fully saturated rings. The number of carbonyl (C=O) groups is 1. The van der Waals surface area contributed by atoms with Crippen LogP contribution in [-0.2, 0) is 0 Å². The number of amides is 1. The van der Waals surface area contributed by atoms with Crippen molar-refractivity contribution in [2.45, 2.75) is 39.7 Å². The number of benzene rings is 2. The molecule has 9 heteroatoms. The van der Waals surface area contributed by atoms with E-state index in [0.29, 0.717) is 29.0 Å². The Kier molecular flexibility index (Phi) is 6.84. The van der Waals surface area contributed by atoms with Gasteiger partial charge in [0, 0.05) is 47.9 Å². The number of rotatable bonds is 8. The molecule has 4 aromatic rings. The van der Waals surface area contributed by atoms with Crippen LogP contribution in [0.3, 0.4) is 0 Å². The largest absolute Gasteiger partial charge is 0.493 e. The van der Waals surface area contributed by atoms with Crippen LogP contribution in [0.4, 0.5) is 14.5 Å². The maximum atomic E-state index is 15.0. The zero-order chi connectivity index (χ0) is 26.9. The van der Waals surface area contributed by atoms with Gasteiger partial charge >= 0.3 is 0 Å². The lowest BCUT2D eigenvalue weighted by Gasteiger charge is -2.19. The Hall–Kier alpha value is -4.27. The number of aromatic nitrogens is 2. The Balaban J connectivity index is 1.34. The zero-order valence-electron chi connectivity index (χ0n) is 21.3. The van der Waals surface area contributed by atoms with E-state index in [2.05, 4.69) is 36.1 Å². The number of hydrogen-bond donors (Lipinski definition) is 1. The summed E-state index contributed by atoms with van der Waals surface area (Å²) >= 11 is 0. The van der Waals surface area contributed by atoms with Gasteiger partial charge in [-0.2, -0.15) is 0 Å². The lowest BCUT2D eigenvalue weighted by atomic mass is 9.99. The van der Waals surface area contributed by atoms with Crippen molar-refractivity contribution in [3.05, 3.63) is 78.3 Å². The molecule has 1 aliphatic rings. The molecule has 0 spiro atoms. The molecule has 196 valence electrons. The average molecular weight is 520 g/mol. The zero-order valence-corrected chi connectivity index (χ0v) is 21.3. The highest BCUT2D eigenvalue weighted by molar-refractivity contribution is 6.06. The quantitative estimate of drug-likeness (QED) is 0.272. The minimum Gasteiger partial charge on any atom is -0.493 e. The Bertz CT molecular complexity index is 1480. The van der Waals surface area contributed by atoms with Crippen LogP contribution in [0.2, 0.25) is 0 Å². The summed E-state index contributed by atoms with van der Waals surface area (Å²) in [5.41, 5.74) is 0.645. The van der Waals surface area contributed by atoms with Crippen LogP contribution in [0, 0.1) is 17.0 Å². The Labute approximate surface area is 218 Å². The van der Waals surface area contributed by atoms with Crippen LogP contribution in [0.25, 0.3) is 10.9 Å². The van der Waals surface area contributed by atoms with Crippen molar-refractivity contribution in [3.8, 4) is 23.0 Å². The first kappa shape index (κ1) is 25.4. The smallest absolute Gasteiger partial charge is 0.261 e. The van der Waals surface area contributed by atoms with Gasteiger partial charge in [-0.3, -0.25) is 14.8 Å². The normalized spacial score (nSPS) is 13.3. The highest BCUT2D eigenvalue weighted by Gasteiger charge is 2.26. The van der Waals surface area contributed by atoms with Gasteiger partial charge < -0.3 is 19.5 Å². The third-order valence-corrected chi connectivity index (χ3v) is 5.66. The highest BCUT2D eigenvalue weighted by atomic mass is 19.1. The van der Waals surface area contributed by atoms with E-state index < -0.39 is 23.3 Å². The van der Waals surface area contributed by atoms with Crippen LogP contribution in [0.15, 0.2) is 61.1 Å². The van der Waals surface area contributed by atoms with Gasteiger partial charge in [-0.25, -0.2) is 8.78 Å². The van der Waals surface area contributed by atoms with Crippen molar-refractivity contribution >= 4 is 22.5 Å². The molecule has 0 bridgehead atoms. The first-order chi connectivity index (χ1) is 18.2. The second-order valence-corrected chi connectivity index (χ2v) is 10.4. The molecule has 2 heterocycles. The molecule has 1 N–H and O–H groups in total. The minimum atomic E-state index is -0.976. The average Bonchev–Trinajstić information content (AvgIpc) is 3.69. The number of ether oxygens (including phenoxy) is 3. The number of nitrogens with zero attached hydrogens (tertiary/aromatic N) is 2. The van der Waals surface area contributed by atoms with E-state index in [4.69, 9.17) is 14.2 Å². The van der Waals surface area contributed by atoms with Gasteiger partial charge in [0.05, 0.1) is 23.8 Å². The summed E-state index contributed by atoms with van der Waals surface area (Å²) in [6.45, 7) is 6.72. The lowest BCUT2D eigenvalue weighted by Crippen LogP contribution is -2.16. The maximum absolute atomic E-state index is 15.0. The molecular weight excluding hydrogens is 492 g/mol. The second kappa shape index (κ2) is 10.2. The van der Waals surface area contributed by atoms with Crippen LogP contribution in [0.5, 0.6) is 23.0 Å². The van der Waals surface area contributed by atoms with Gasteiger partial charge in [-0.1, -0.05) is 20.8 Å². The SMILES string of the molecule is CC(C)(C)COc1ccc2c(Oc3c(F)cc(NC(=O)c4cnccc4OC4CC4)cc3F)ccnc2c1. The fourth-order valence-electron chi connectivity index (χ4n) is 3.64. The standard InChI is InChI=1S/C29H27F2N3O4/c1-29(2,3)16-36-19-6-7-20-24(14-19)33-11-9-25(20)38-27-22(30)12-17(13-23(27)31)34-28(35)21-15-32-10-8-26(21)37-18-4-5-18/h6-15,18H,4-5,16H2,1-3H3,(H,34,35). The van der Waals surface area contributed by atoms with E-state index in [1.165, 1.54) is 24.7 Å². The number of halogens is 2. The molecule has 0 saturated heterocycles. The molecule has 38 heavy (non-hydrogen) atoms. The molecule has 7 nitrogen and oxygen atoms in total. The van der Waals surface area contributed by atoms with Crippen molar-refractivity contribution in [2.24, 2.45) is 5.41 Å². The summed E-state index contributed by atoms with van der Waals surface area (Å²) in [6.07, 6.45) is 6.26. The van der Waals surface area contributed by atoms with E-state index in [1.54, 1.807) is 24.3 Å². The number of nitrogens with one attached hydrogen (secondary N) is 1. The molecule has 1 saturated carbocycles. The van der Waals surface area contributed by atoms with Crippen molar-refractivity contribution < 1.29 is 27.8 Å². The second-order valence-electron chi connectivity index (χ2n) is 10.4. The van der Waals surface area contributed by atoms with Gasteiger partial charge in [0.15, 0.2) is 17.4 Å². The molecular formula is C29H27F2N3O4. The molecule has 2 aromatic carbocycles. The first-order valence-electron chi connectivity index (χ1n) is 12.3. The lowest BCUT2D eigenvalue weighted by molar-refractivity contribution is 0.102. The van der Waals surface area contributed by atoms with Crippen molar-refractivity contribution in [1.29, 1.82) is 0 Å². The van der Waals surface area contributed by atoms with Crippen LogP contribution < -0.4 is 19.5 Å². The van der Waals surface area contributed by atoms with Crippen molar-refractivity contribution in [2.75, 3.05) is 11.9 Å². The van der Waals surface area contributed by atoms with Gasteiger partial charge in [0.2, 0.25) is 0 Å². The van der Waals surface area contributed by atoms with Crippen LogP contribution >= 0.6 is 0 Å². The summed E-state index contributed by atoms with van der Waals surface area (Å²) in [4.78, 5) is 21.1. The highest BCUT2D eigenvalue weighted by Crippen LogP contribution is 2.35. The van der Waals surface area contributed by atoms with Gasteiger partial charge in [0.1, 0.15) is 17.2 Å². The third kappa shape index (κ3) is 5.99. The van der Waals surface area contributed by atoms with Crippen LogP contribution in [-0.4, -0.2) is 28.6 Å². The molecule has 0 aliphatic heterocycles. The van der Waals surface area contributed by atoms with Gasteiger partial charge in [-0.05, 0) is 42.5 Å². The predicted octanol–water partition coefficient (Wildman–Crippen LogP) is 6.92. The molecule has 0 unspecified atom stereocenters. The Morgan fingerprint density at radius 2 is 1.76 bits per heavy atom. The predicted molar refractivity (Wildman–Crippen MR) is 139 cm³/mol. The number of fused-ring (bicyclic) bond motifs is 1. The summed E-state index contributed by atoms with van der Waals surface area (Å²) in [5, 5.41) is 3.07. The van der Waals surface area contributed by atoms with Crippen molar-refractivity contribution in [1.82, 2.24) is 9.97 Å². The minimum absolute atomic E-state index is 0.0152. The van der Waals surface area contributed by atoms with Gasteiger partial charge in [0.25, 0.3) is 5.91 Å².